The topological polar surface area (TPSA) is 56.7 Å². The number of aliphatic hydroxyl groups excluding tert-OH is 1. The number of carbonyl (C=O) groups excluding carboxylic acids is 1. The highest BCUT2D eigenvalue weighted by atomic mass is 35.5. The molecule has 3 heterocycles. The van der Waals surface area contributed by atoms with Gasteiger partial charge < -0.3 is 14.9 Å². The summed E-state index contributed by atoms with van der Waals surface area (Å²) in [5.74, 6) is -0.0436. The molecule has 22 heavy (non-hydrogen) atoms. The lowest BCUT2D eigenvalue weighted by Crippen LogP contribution is -2.62. The lowest BCUT2D eigenvalue weighted by atomic mass is 9.69. The number of likely N-dealkylation sites (N-methyl/N-ethyl adjacent to an activating group) is 1. The van der Waals surface area contributed by atoms with Crippen LogP contribution in [0.2, 0.25) is 5.02 Å². The molecule has 6 heteroatoms. The molecule has 2 saturated heterocycles. The van der Waals surface area contributed by atoms with Crippen molar-refractivity contribution in [3.63, 3.8) is 0 Å². The largest absolute Gasteiger partial charge is 0.396 e. The summed E-state index contributed by atoms with van der Waals surface area (Å²) in [5, 5.41) is 10.3. The smallest absolute Gasteiger partial charge is 0.255 e. The van der Waals surface area contributed by atoms with Gasteiger partial charge in [-0.3, -0.25) is 9.78 Å². The fourth-order valence-electron chi connectivity index (χ4n) is 3.92. The Balaban J connectivity index is 1.81. The van der Waals surface area contributed by atoms with Crippen molar-refractivity contribution in [1.82, 2.24) is 14.8 Å². The predicted octanol–water partition coefficient (Wildman–Crippen LogP) is 1.65. The van der Waals surface area contributed by atoms with Crippen LogP contribution in [-0.4, -0.2) is 65.1 Å². The number of halogens is 1. The van der Waals surface area contributed by atoms with Crippen LogP contribution in [0, 0.1) is 5.41 Å². The Morgan fingerprint density at radius 2 is 2.32 bits per heavy atom. The van der Waals surface area contributed by atoms with Crippen LogP contribution in [0.4, 0.5) is 0 Å². The van der Waals surface area contributed by atoms with E-state index >= 15 is 0 Å². The molecule has 3 rings (SSSR count). The van der Waals surface area contributed by atoms with Gasteiger partial charge in [-0.1, -0.05) is 11.6 Å². The van der Waals surface area contributed by atoms with Crippen molar-refractivity contribution in [1.29, 1.82) is 0 Å². The Labute approximate surface area is 135 Å². The molecule has 0 bridgehead atoms. The molecule has 0 radical (unpaired) electrons. The highest BCUT2D eigenvalue weighted by molar-refractivity contribution is 6.33. The Hall–Kier alpha value is -1.17. The molecule has 1 N–H and O–H groups in total. The first-order chi connectivity index (χ1) is 10.6. The third-order valence-corrected chi connectivity index (χ3v) is 5.60. The zero-order valence-corrected chi connectivity index (χ0v) is 13.6. The van der Waals surface area contributed by atoms with Crippen molar-refractivity contribution in [2.45, 2.75) is 25.3 Å². The summed E-state index contributed by atoms with van der Waals surface area (Å²) in [6.45, 7) is 2.53. The van der Waals surface area contributed by atoms with Crippen molar-refractivity contribution >= 4 is 17.5 Å². The van der Waals surface area contributed by atoms with Gasteiger partial charge in [0.15, 0.2) is 0 Å². The summed E-state index contributed by atoms with van der Waals surface area (Å²) in [6.07, 6.45) is 6.08. The number of rotatable bonds is 2. The van der Waals surface area contributed by atoms with Crippen molar-refractivity contribution in [3.8, 4) is 0 Å². The van der Waals surface area contributed by atoms with Gasteiger partial charge >= 0.3 is 0 Å². The van der Waals surface area contributed by atoms with Crippen LogP contribution >= 0.6 is 11.6 Å². The van der Waals surface area contributed by atoms with Gasteiger partial charge in [0, 0.05) is 36.9 Å². The third kappa shape index (κ3) is 2.62. The summed E-state index contributed by atoms with van der Waals surface area (Å²) in [5.41, 5.74) is 0.442. The average Bonchev–Trinajstić information content (AvgIpc) is 2.55. The second kappa shape index (κ2) is 6.14. The Bertz CT molecular complexity index is 568. The molecule has 0 unspecified atom stereocenters. The molecule has 0 aliphatic carbocycles. The minimum atomic E-state index is -0.0637. The number of amides is 1. The first kappa shape index (κ1) is 15.7. The SMILES string of the molecule is CN1CCC[C@]2(CO)CCN(C(=O)c3ccncc3Cl)C[C@@H]12. The lowest BCUT2D eigenvalue weighted by molar-refractivity contribution is -0.0601. The number of carbonyl (C=O) groups is 1. The molecule has 0 spiro atoms. The van der Waals surface area contributed by atoms with Gasteiger partial charge in [-0.2, -0.15) is 0 Å². The highest BCUT2D eigenvalue weighted by Gasteiger charge is 2.47. The van der Waals surface area contributed by atoms with Gasteiger partial charge in [0.2, 0.25) is 0 Å². The highest BCUT2D eigenvalue weighted by Crippen LogP contribution is 2.41. The van der Waals surface area contributed by atoms with E-state index in [2.05, 4.69) is 16.9 Å². The summed E-state index contributed by atoms with van der Waals surface area (Å²) < 4.78 is 0. The van der Waals surface area contributed by atoms with Gasteiger partial charge in [-0.05, 0) is 38.9 Å². The van der Waals surface area contributed by atoms with Gasteiger partial charge in [0.05, 0.1) is 17.2 Å². The van der Waals surface area contributed by atoms with E-state index in [1.54, 1.807) is 12.3 Å². The van der Waals surface area contributed by atoms with Gasteiger partial charge in [0.25, 0.3) is 5.91 Å². The number of piperidine rings is 2. The maximum Gasteiger partial charge on any atom is 0.255 e. The maximum absolute atomic E-state index is 12.7. The lowest BCUT2D eigenvalue weighted by Gasteiger charge is -2.53. The summed E-state index contributed by atoms with van der Waals surface area (Å²) in [4.78, 5) is 20.8. The molecule has 1 aromatic rings. The summed E-state index contributed by atoms with van der Waals surface area (Å²) >= 11 is 6.10. The van der Waals surface area contributed by atoms with Gasteiger partial charge in [0.1, 0.15) is 0 Å². The van der Waals surface area contributed by atoms with Crippen molar-refractivity contribution in [2.75, 3.05) is 33.3 Å². The zero-order valence-electron chi connectivity index (χ0n) is 12.8. The van der Waals surface area contributed by atoms with E-state index in [4.69, 9.17) is 11.6 Å². The number of hydrogen-bond donors (Lipinski definition) is 1. The van der Waals surface area contributed by atoms with E-state index in [0.29, 0.717) is 23.7 Å². The fraction of sp³-hybridized carbons (Fsp3) is 0.625. The maximum atomic E-state index is 12.7. The molecule has 2 fully saturated rings. The standard InChI is InChI=1S/C16H22ClN3O2/c1-19-7-2-4-16(11-21)5-8-20(10-14(16)19)15(22)12-3-6-18-9-13(12)17/h3,6,9,14,21H,2,4-5,7-8,10-11H2,1H3/t14-,16-/m1/s1. The number of aromatic nitrogens is 1. The zero-order chi connectivity index (χ0) is 15.7. The van der Waals surface area contributed by atoms with Crippen molar-refractivity contribution < 1.29 is 9.90 Å². The van der Waals surface area contributed by atoms with Crippen molar-refractivity contribution in [2.24, 2.45) is 5.41 Å². The van der Waals surface area contributed by atoms with Crippen LogP contribution in [0.5, 0.6) is 0 Å². The van der Waals surface area contributed by atoms with E-state index in [1.165, 1.54) is 6.20 Å². The number of hydrogen-bond acceptors (Lipinski definition) is 4. The second-order valence-corrected chi connectivity index (χ2v) is 6.88. The van der Waals surface area contributed by atoms with Crippen LogP contribution in [0.1, 0.15) is 29.6 Å². The van der Waals surface area contributed by atoms with Crippen LogP contribution < -0.4 is 0 Å². The van der Waals surface area contributed by atoms with E-state index in [1.807, 2.05) is 4.90 Å². The number of aliphatic hydroxyl groups is 1. The second-order valence-electron chi connectivity index (χ2n) is 6.48. The average molecular weight is 324 g/mol. The number of likely N-dealkylation sites (tertiary alicyclic amines) is 2. The molecule has 0 saturated carbocycles. The third-order valence-electron chi connectivity index (χ3n) is 5.30. The molecule has 5 nitrogen and oxygen atoms in total. The molecule has 0 aromatic carbocycles. The first-order valence-electron chi connectivity index (χ1n) is 7.77. The van der Waals surface area contributed by atoms with Crippen molar-refractivity contribution in [3.05, 3.63) is 29.0 Å². The molecule has 2 aliphatic heterocycles. The molecule has 1 aromatic heterocycles. The van der Waals surface area contributed by atoms with E-state index in [9.17, 15) is 9.90 Å². The molecule has 1 amide bonds. The van der Waals surface area contributed by atoms with Crippen LogP contribution in [0.25, 0.3) is 0 Å². The van der Waals surface area contributed by atoms with E-state index in [0.717, 1.165) is 25.8 Å². The summed E-state index contributed by atoms with van der Waals surface area (Å²) in [6, 6.07) is 1.88. The Morgan fingerprint density at radius 3 is 3.05 bits per heavy atom. The van der Waals surface area contributed by atoms with Crippen LogP contribution in [0.15, 0.2) is 18.5 Å². The minimum absolute atomic E-state index is 0.0436. The summed E-state index contributed by atoms with van der Waals surface area (Å²) in [7, 11) is 2.08. The number of fused-ring (bicyclic) bond motifs is 1. The monoisotopic (exact) mass is 323 g/mol. The predicted molar refractivity (Wildman–Crippen MR) is 84.9 cm³/mol. The minimum Gasteiger partial charge on any atom is -0.396 e. The van der Waals surface area contributed by atoms with Crippen LogP contribution in [-0.2, 0) is 0 Å². The van der Waals surface area contributed by atoms with E-state index < -0.39 is 0 Å². The first-order valence-corrected chi connectivity index (χ1v) is 8.15. The fourth-order valence-corrected chi connectivity index (χ4v) is 4.12. The molecule has 2 aliphatic rings. The Morgan fingerprint density at radius 1 is 1.50 bits per heavy atom. The molecular weight excluding hydrogens is 302 g/mol. The molecule has 120 valence electrons. The molecular formula is C16H22ClN3O2. The van der Waals surface area contributed by atoms with E-state index in [-0.39, 0.29) is 24.0 Å². The number of pyridine rings is 1. The number of nitrogens with zero attached hydrogens (tertiary/aromatic N) is 3. The van der Waals surface area contributed by atoms with Gasteiger partial charge in [-0.25, -0.2) is 0 Å². The Kier molecular flexibility index (Phi) is 4.39. The molecule has 2 atom stereocenters. The quantitative estimate of drug-likeness (QED) is 0.899. The normalized spacial score (nSPS) is 29.2. The van der Waals surface area contributed by atoms with Gasteiger partial charge in [-0.15, -0.1) is 0 Å². The van der Waals surface area contributed by atoms with Crippen LogP contribution in [0.3, 0.4) is 0 Å².